The molecule has 0 aliphatic heterocycles. The van der Waals surface area contributed by atoms with Crippen molar-refractivity contribution in [3.8, 4) is 11.6 Å². The highest BCUT2D eigenvalue weighted by Crippen LogP contribution is 2.30. The number of rotatable bonds is 4. The molecule has 19 heavy (non-hydrogen) atoms. The molecule has 1 heterocycles. The Morgan fingerprint density at radius 1 is 1.42 bits per heavy atom. The number of halogens is 1. The average molecular weight is 371 g/mol. The Morgan fingerprint density at radius 2 is 2.11 bits per heavy atom. The molecule has 0 spiro atoms. The van der Waals surface area contributed by atoms with Gasteiger partial charge in [0.05, 0.1) is 9.26 Å². The Bertz CT molecular complexity index is 578. The molecule has 0 bridgehead atoms. The minimum atomic E-state index is 0.0834. The maximum atomic E-state index is 6.03. The fourth-order valence-electron chi connectivity index (χ4n) is 2.00. The first-order valence-electron chi connectivity index (χ1n) is 6.19. The van der Waals surface area contributed by atoms with Crippen molar-refractivity contribution >= 4 is 22.6 Å². The number of benzene rings is 1. The molecule has 2 rings (SSSR count). The summed E-state index contributed by atoms with van der Waals surface area (Å²) in [4.78, 5) is 0. The largest absolute Gasteiger partial charge is 0.438 e. The third-order valence-electron chi connectivity index (χ3n) is 2.86. The number of hydrogen-bond acceptors (Lipinski definition) is 3. The molecule has 0 saturated heterocycles. The van der Waals surface area contributed by atoms with Gasteiger partial charge in [-0.1, -0.05) is 12.1 Å². The molecule has 1 aromatic heterocycles. The summed E-state index contributed by atoms with van der Waals surface area (Å²) in [6.45, 7) is 3.98. The van der Waals surface area contributed by atoms with E-state index in [2.05, 4.69) is 27.7 Å². The van der Waals surface area contributed by atoms with E-state index in [0.29, 0.717) is 0 Å². The molecule has 102 valence electrons. The third-order valence-corrected chi connectivity index (χ3v) is 3.75. The second-order valence-electron chi connectivity index (χ2n) is 4.71. The highest BCUT2D eigenvalue weighted by Gasteiger charge is 2.17. The van der Waals surface area contributed by atoms with E-state index in [1.54, 1.807) is 4.68 Å². The van der Waals surface area contributed by atoms with Crippen LogP contribution in [0.3, 0.4) is 0 Å². The van der Waals surface area contributed by atoms with E-state index in [1.165, 1.54) is 0 Å². The normalized spacial score (nSPS) is 12.5. The van der Waals surface area contributed by atoms with Crippen LogP contribution in [0.4, 0.5) is 0 Å². The number of aryl methyl sites for hydroxylation is 2. The maximum absolute atomic E-state index is 6.03. The first-order valence-corrected chi connectivity index (χ1v) is 7.27. The fraction of sp³-hybridized carbons (Fsp3) is 0.357. The molecule has 0 amide bonds. The van der Waals surface area contributed by atoms with Crippen LogP contribution in [-0.2, 0) is 13.5 Å². The first-order chi connectivity index (χ1) is 8.99. The fourth-order valence-corrected chi connectivity index (χ4v) is 2.49. The molecular formula is C14H18IN3O. The lowest BCUT2D eigenvalue weighted by Crippen LogP contribution is -2.18. The molecular weight excluding hydrogens is 353 g/mol. The summed E-state index contributed by atoms with van der Waals surface area (Å²) < 4.78 is 8.88. The Labute approximate surface area is 127 Å². The molecule has 1 atom stereocenters. The van der Waals surface area contributed by atoms with Crippen molar-refractivity contribution in [1.29, 1.82) is 0 Å². The molecule has 1 unspecified atom stereocenters. The summed E-state index contributed by atoms with van der Waals surface area (Å²) >= 11 is 2.26. The average Bonchev–Trinajstić information content (AvgIpc) is 2.58. The molecule has 1 aromatic carbocycles. The smallest absolute Gasteiger partial charge is 0.221 e. The van der Waals surface area contributed by atoms with Crippen LogP contribution in [-0.4, -0.2) is 15.8 Å². The lowest BCUT2D eigenvalue weighted by atomic mass is 10.1. The standard InChI is InChI=1S/C14H18IN3O/c1-9(16)8-11-10(2)17-18(3)14(11)19-13-7-5-4-6-12(13)15/h4-7,9H,8,16H2,1-3H3. The van der Waals surface area contributed by atoms with Gasteiger partial charge < -0.3 is 10.5 Å². The number of nitrogens with zero attached hydrogens (tertiary/aromatic N) is 2. The lowest BCUT2D eigenvalue weighted by Gasteiger charge is -2.11. The molecule has 0 fully saturated rings. The molecule has 4 nitrogen and oxygen atoms in total. The van der Waals surface area contributed by atoms with Crippen molar-refractivity contribution in [3.05, 3.63) is 39.1 Å². The van der Waals surface area contributed by atoms with Gasteiger partial charge in [-0.05, 0) is 55.0 Å². The number of nitrogens with two attached hydrogens (primary N) is 1. The molecule has 5 heteroatoms. The molecule has 2 N–H and O–H groups in total. The molecule has 0 aliphatic carbocycles. The van der Waals surface area contributed by atoms with Gasteiger partial charge in [0, 0.05) is 18.7 Å². The van der Waals surface area contributed by atoms with E-state index < -0.39 is 0 Å². The van der Waals surface area contributed by atoms with Crippen molar-refractivity contribution < 1.29 is 4.74 Å². The zero-order chi connectivity index (χ0) is 14.0. The Kier molecular flexibility index (Phi) is 4.46. The van der Waals surface area contributed by atoms with Crippen LogP contribution >= 0.6 is 22.6 Å². The Balaban J connectivity index is 2.37. The van der Waals surface area contributed by atoms with Crippen LogP contribution in [0.2, 0.25) is 0 Å². The van der Waals surface area contributed by atoms with Gasteiger partial charge in [-0.25, -0.2) is 4.68 Å². The van der Waals surface area contributed by atoms with Crippen LogP contribution < -0.4 is 10.5 Å². The zero-order valence-electron chi connectivity index (χ0n) is 11.4. The van der Waals surface area contributed by atoms with Crippen molar-refractivity contribution in [2.75, 3.05) is 0 Å². The second kappa shape index (κ2) is 5.92. The molecule has 0 aliphatic rings. The van der Waals surface area contributed by atoms with E-state index >= 15 is 0 Å². The van der Waals surface area contributed by atoms with E-state index in [0.717, 1.165) is 32.9 Å². The van der Waals surface area contributed by atoms with Gasteiger partial charge in [0.2, 0.25) is 5.88 Å². The first kappa shape index (κ1) is 14.3. The monoisotopic (exact) mass is 371 g/mol. The van der Waals surface area contributed by atoms with Crippen LogP contribution in [0.15, 0.2) is 24.3 Å². The van der Waals surface area contributed by atoms with Crippen molar-refractivity contribution in [2.24, 2.45) is 12.8 Å². The van der Waals surface area contributed by atoms with E-state index in [4.69, 9.17) is 10.5 Å². The quantitative estimate of drug-likeness (QED) is 0.841. The Hall–Kier alpha value is -1.08. The number of para-hydroxylation sites is 1. The number of ether oxygens (including phenoxy) is 1. The minimum Gasteiger partial charge on any atom is -0.438 e. The Morgan fingerprint density at radius 3 is 2.74 bits per heavy atom. The third kappa shape index (κ3) is 3.27. The van der Waals surface area contributed by atoms with Crippen LogP contribution in [0.1, 0.15) is 18.2 Å². The van der Waals surface area contributed by atoms with Gasteiger partial charge in [-0.15, -0.1) is 0 Å². The maximum Gasteiger partial charge on any atom is 0.221 e. The van der Waals surface area contributed by atoms with Crippen LogP contribution in [0.25, 0.3) is 0 Å². The number of aromatic nitrogens is 2. The van der Waals surface area contributed by atoms with Crippen molar-refractivity contribution in [2.45, 2.75) is 26.3 Å². The predicted octanol–water partition coefficient (Wildman–Crippen LogP) is 3.02. The van der Waals surface area contributed by atoms with Gasteiger partial charge in [0.15, 0.2) is 0 Å². The van der Waals surface area contributed by atoms with Gasteiger partial charge in [0.25, 0.3) is 0 Å². The topological polar surface area (TPSA) is 53.1 Å². The second-order valence-corrected chi connectivity index (χ2v) is 5.87. The van der Waals surface area contributed by atoms with E-state index in [1.807, 2.05) is 45.2 Å². The van der Waals surface area contributed by atoms with Gasteiger partial charge >= 0.3 is 0 Å². The molecule has 2 aromatic rings. The zero-order valence-corrected chi connectivity index (χ0v) is 13.5. The van der Waals surface area contributed by atoms with Crippen molar-refractivity contribution in [1.82, 2.24) is 9.78 Å². The number of hydrogen-bond donors (Lipinski definition) is 1. The lowest BCUT2D eigenvalue weighted by molar-refractivity contribution is 0.422. The van der Waals surface area contributed by atoms with Crippen LogP contribution in [0, 0.1) is 10.5 Å². The summed E-state index contributed by atoms with van der Waals surface area (Å²) in [5.74, 6) is 1.62. The highest BCUT2D eigenvalue weighted by atomic mass is 127. The summed E-state index contributed by atoms with van der Waals surface area (Å²) in [6, 6.07) is 8.02. The molecule has 0 radical (unpaired) electrons. The van der Waals surface area contributed by atoms with E-state index in [9.17, 15) is 0 Å². The summed E-state index contributed by atoms with van der Waals surface area (Å²) in [5, 5.41) is 4.42. The van der Waals surface area contributed by atoms with Gasteiger partial charge in [0.1, 0.15) is 5.75 Å². The SMILES string of the molecule is Cc1nn(C)c(Oc2ccccc2I)c1CC(C)N. The summed E-state index contributed by atoms with van der Waals surface area (Å²) in [7, 11) is 1.89. The van der Waals surface area contributed by atoms with Crippen LogP contribution in [0.5, 0.6) is 11.6 Å². The highest BCUT2D eigenvalue weighted by molar-refractivity contribution is 14.1. The van der Waals surface area contributed by atoms with Gasteiger partial charge in [-0.3, -0.25) is 0 Å². The molecule has 0 saturated carbocycles. The summed E-state index contributed by atoms with van der Waals surface area (Å²) in [6.07, 6.45) is 0.762. The minimum absolute atomic E-state index is 0.0834. The van der Waals surface area contributed by atoms with Gasteiger partial charge in [-0.2, -0.15) is 5.10 Å². The van der Waals surface area contributed by atoms with E-state index in [-0.39, 0.29) is 6.04 Å². The van der Waals surface area contributed by atoms with Crippen molar-refractivity contribution in [3.63, 3.8) is 0 Å². The summed E-state index contributed by atoms with van der Waals surface area (Å²) in [5.41, 5.74) is 7.95. The predicted molar refractivity (Wildman–Crippen MR) is 84.5 cm³/mol.